The second kappa shape index (κ2) is 5.39. The first-order valence-electron chi connectivity index (χ1n) is 4.64. The van der Waals surface area contributed by atoms with Crippen molar-refractivity contribution in [2.24, 2.45) is 0 Å². The van der Waals surface area contributed by atoms with Crippen molar-refractivity contribution >= 4 is 27.7 Å². The number of rotatable bonds is 2. The van der Waals surface area contributed by atoms with Gasteiger partial charge in [0.2, 0.25) is 0 Å². The van der Waals surface area contributed by atoms with E-state index in [9.17, 15) is 18.0 Å². The Bertz CT molecular complexity index is 421. The number of benzene rings is 1. The van der Waals surface area contributed by atoms with Crippen LogP contribution in [-0.2, 0) is 10.9 Å². The Kier molecular flexibility index (Phi) is 4.39. The van der Waals surface area contributed by atoms with Crippen LogP contribution in [0.3, 0.4) is 0 Å². The first-order chi connectivity index (χ1) is 7.82. The van der Waals surface area contributed by atoms with Crippen molar-refractivity contribution in [1.82, 2.24) is 0 Å². The average Bonchev–Trinajstić information content (AvgIpc) is 2.15. The van der Waals surface area contributed by atoms with Crippen LogP contribution in [0.4, 0.5) is 23.7 Å². The molecule has 0 bridgehead atoms. The maximum Gasteiger partial charge on any atom is 0.416 e. The van der Waals surface area contributed by atoms with E-state index in [4.69, 9.17) is 0 Å². The van der Waals surface area contributed by atoms with Crippen molar-refractivity contribution in [3.63, 3.8) is 0 Å². The summed E-state index contributed by atoms with van der Waals surface area (Å²) in [7, 11) is 0. The molecule has 0 aliphatic rings. The molecule has 0 aliphatic carbocycles. The summed E-state index contributed by atoms with van der Waals surface area (Å²) in [5.41, 5.74) is -0.830. The highest BCUT2D eigenvalue weighted by Gasteiger charge is 2.31. The van der Waals surface area contributed by atoms with E-state index in [0.717, 1.165) is 12.1 Å². The van der Waals surface area contributed by atoms with Gasteiger partial charge in [-0.1, -0.05) is 15.9 Å². The topological polar surface area (TPSA) is 38.3 Å². The van der Waals surface area contributed by atoms with E-state index in [1.807, 2.05) is 0 Å². The Morgan fingerprint density at radius 2 is 2.06 bits per heavy atom. The van der Waals surface area contributed by atoms with Gasteiger partial charge < -0.3 is 4.74 Å². The molecular formula is C10H9BrF3NO2. The SMILES string of the molecule is CCOC(=O)Nc1cc(Br)cc(C(F)(F)F)c1. The Morgan fingerprint density at radius 3 is 2.59 bits per heavy atom. The van der Waals surface area contributed by atoms with Gasteiger partial charge in [0.05, 0.1) is 12.2 Å². The van der Waals surface area contributed by atoms with E-state index < -0.39 is 17.8 Å². The molecule has 17 heavy (non-hydrogen) atoms. The van der Waals surface area contributed by atoms with E-state index in [1.54, 1.807) is 6.92 Å². The Hall–Kier alpha value is -1.24. The van der Waals surface area contributed by atoms with Gasteiger partial charge in [0.15, 0.2) is 0 Å². The van der Waals surface area contributed by atoms with Crippen molar-refractivity contribution in [1.29, 1.82) is 0 Å². The lowest BCUT2D eigenvalue weighted by atomic mass is 10.2. The maximum absolute atomic E-state index is 12.5. The quantitative estimate of drug-likeness (QED) is 0.895. The molecule has 0 saturated carbocycles. The van der Waals surface area contributed by atoms with Crippen LogP contribution in [0, 0.1) is 0 Å². The van der Waals surface area contributed by atoms with Gasteiger partial charge in [0.1, 0.15) is 0 Å². The summed E-state index contributed by atoms with van der Waals surface area (Å²) in [6, 6.07) is 3.12. The van der Waals surface area contributed by atoms with E-state index in [-0.39, 0.29) is 16.8 Å². The number of halogens is 4. The third kappa shape index (κ3) is 4.26. The summed E-state index contributed by atoms with van der Waals surface area (Å²) in [6.07, 6.45) is -5.26. The van der Waals surface area contributed by atoms with Crippen LogP contribution < -0.4 is 5.32 Å². The van der Waals surface area contributed by atoms with E-state index in [1.165, 1.54) is 6.07 Å². The molecule has 94 valence electrons. The number of alkyl halides is 3. The highest BCUT2D eigenvalue weighted by molar-refractivity contribution is 9.10. The number of amides is 1. The third-order valence-corrected chi connectivity index (χ3v) is 2.20. The zero-order valence-corrected chi connectivity index (χ0v) is 10.4. The molecule has 0 aromatic heterocycles. The van der Waals surface area contributed by atoms with Gasteiger partial charge in [0, 0.05) is 10.2 Å². The molecule has 1 aromatic rings. The lowest BCUT2D eigenvalue weighted by molar-refractivity contribution is -0.137. The molecular weight excluding hydrogens is 303 g/mol. The largest absolute Gasteiger partial charge is 0.450 e. The van der Waals surface area contributed by atoms with Gasteiger partial charge in [-0.3, -0.25) is 5.32 Å². The van der Waals surface area contributed by atoms with Crippen molar-refractivity contribution < 1.29 is 22.7 Å². The fourth-order valence-corrected chi connectivity index (χ4v) is 1.60. The molecule has 0 heterocycles. The fourth-order valence-electron chi connectivity index (χ4n) is 1.11. The monoisotopic (exact) mass is 311 g/mol. The minimum absolute atomic E-state index is 0.0187. The number of ether oxygens (including phenoxy) is 1. The van der Waals surface area contributed by atoms with Crippen molar-refractivity contribution in [2.75, 3.05) is 11.9 Å². The molecule has 0 aliphatic heterocycles. The lowest BCUT2D eigenvalue weighted by Gasteiger charge is -2.10. The van der Waals surface area contributed by atoms with E-state index in [0.29, 0.717) is 0 Å². The molecule has 3 nitrogen and oxygen atoms in total. The lowest BCUT2D eigenvalue weighted by Crippen LogP contribution is -2.14. The maximum atomic E-state index is 12.5. The average molecular weight is 312 g/mol. The van der Waals surface area contributed by atoms with Crippen LogP contribution in [0.1, 0.15) is 12.5 Å². The zero-order valence-electron chi connectivity index (χ0n) is 8.77. The molecule has 0 unspecified atom stereocenters. The van der Waals surface area contributed by atoms with Crippen LogP contribution >= 0.6 is 15.9 Å². The molecule has 0 spiro atoms. The molecule has 1 N–H and O–H groups in total. The normalized spacial score (nSPS) is 11.1. The Labute approximate surface area is 104 Å². The van der Waals surface area contributed by atoms with Crippen molar-refractivity contribution in [3.05, 3.63) is 28.2 Å². The van der Waals surface area contributed by atoms with Gasteiger partial charge in [-0.2, -0.15) is 13.2 Å². The van der Waals surface area contributed by atoms with E-state index >= 15 is 0 Å². The minimum Gasteiger partial charge on any atom is -0.450 e. The zero-order chi connectivity index (χ0) is 13.1. The highest BCUT2D eigenvalue weighted by atomic mass is 79.9. The molecule has 1 aromatic carbocycles. The smallest absolute Gasteiger partial charge is 0.416 e. The minimum atomic E-state index is -4.46. The summed E-state index contributed by atoms with van der Waals surface area (Å²) in [5, 5.41) is 2.20. The summed E-state index contributed by atoms with van der Waals surface area (Å²) in [5.74, 6) is 0. The molecule has 0 fully saturated rings. The summed E-state index contributed by atoms with van der Waals surface area (Å²) in [4.78, 5) is 11.1. The van der Waals surface area contributed by atoms with Crippen LogP contribution in [0.15, 0.2) is 22.7 Å². The summed E-state index contributed by atoms with van der Waals surface area (Å²) < 4.78 is 42.2. The predicted molar refractivity (Wildman–Crippen MR) is 59.8 cm³/mol. The molecule has 0 atom stereocenters. The number of carbonyl (C=O) groups is 1. The van der Waals surface area contributed by atoms with Crippen LogP contribution in [0.2, 0.25) is 0 Å². The number of nitrogens with one attached hydrogen (secondary N) is 1. The summed E-state index contributed by atoms with van der Waals surface area (Å²) >= 11 is 2.94. The Balaban J connectivity index is 2.94. The first kappa shape index (κ1) is 13.8. The highest BCUT2D eigenvalue weighted by Crippen LogP contribution is 2.33. The molecule has 1 rings (SSSR count). The first-order valence-corrected chi connectivity index (χ1v) is 5.44. The van der Waals surface area contributed by atoms with Gasteiger partial charge in [0.25, 0.3) is 0 Å². The van der Waals surface area contributed by atoms with Gasteiger partial charge in [-0.25, -0.2) is 4.79 Å². The van der Waals surface area contributed by atoms with Gasteiger partial charge in [-0.05, 0) is 25.1 Å². The Morgan fingerprint density at radius 1 is 1.41 bits per heavy atom. The van der Waals surface area contributed by atoms with Crippen molar-refractivity contribution in [3.8, 4) is 0 Å². The predicted octanol–water partition coefficient (Wildman–Crippen LogP) is 4.04. The molecule has 1 amide bonds. The van der Waals surface area contributed by atoms with Crippen LogP contribution in [0.5, 0.6) is 0 Å². The second-order valence-electron chi connectivity index (χ2n) is 3.07. The standard InChI is InChI=1S/C10H9BrF3NO2/c1-2-17-9(16)15-8-4-6(10(12,13)14)3-7(11)5-8/h3-5H,2H2,1H3,(H,15,16). The summed E-state index contributed by atoms with van der Waals surface area (Å²) in [6.45, 7) is 1.74. The van der Waals surface area contributed by atoms with E-state index in [2.05, 4.69) is 26.0 Å². The molecule has 7 heteroatoms. The number of carbonyl (C=O) groups excluding carboxylic acids is 1. The molecule has 0 saturated heterocycles. The number of anilines is 1. The number of hydrogen-bond acceptors (Lipinski definition) is 2. The number of hydrogen-bond donors (Lipinski definition) is 1. The van der Waals surface area contributed by atoms with Gasteiger partial charge >= 0.3 is 12.3 Å². The van der Waals surface area contributed by atoms with Crippen molar-refractivity contribution in [2.45, 2.75) is 13.1 Å². The molecule has 0 radical (unpaired) electrons. The third-order valence-electron chi connectivity index (χ3n) is 1.75. The fraction of sp³-hybridized carbons (Fsp3) is 0.300. The van der Waals surface area contributed by atoms with Crippen LogP contribution in [0.25, 0.3) is 0 Å². The second-order valence-corrected chi connectivity index (χ2v) is 3.99. The van der Waals surface area contributed by atoms with Gasteiger partial charge in [-0.15, -0.1) is 0 Å². The van der Waals surface area contributed by atoms with Crippen LogP contribution in [-0.4, -0.2) is 12.7 Å².